The number of imide groups is 1. The second kappa shape index (κ2) is 10.00. The van der Waals surface area contributed by atoms with Crippen molar-refractivity contribution in [3.05, 3.63) is 63.3 Å². The summed E-state index contributed by atoms with van der Waals surface area (Å²) in [5, 5.41) is 0.0323. The predicted octanol–water partition coefficient (Wildman–Crippen LogP) is 5.90. The van der Waals surface area contributed by atoms with Crippen LogP contribution in [0.15, 0.2) is 41.3 Å². The Morgan fingerprint density at radius 1 is 1.20 bits per heavy atom. The van der Waals surface area contributed by atoms with E-state index in [1.807, 2.05) is 6.92 Å². The van der Waals surface area contributed by atoms with Crippen LogP contribution in [0.25, 0.3) is 6.08 Å². The summed E-state index contributed by atoms with van der Waals surface area (Å²) in [7, 11) is 1.48. The molecule has 0 atom stereocenters. The van der Waals surface area contributed by atoms with E-state index >= 15 is 0 Å². The lowest BCUT2D eigenvalue weighted by Gasteiger charge is -2.14. The van der Waals surface area contributed by atoms with Gasteiger partial charge in [0.05, 0.1) is 17.0 Å². The van der Waals surface area contributed by atoms with E-state index in [-0.39, 0.29) is 23.6 Å². The lowest BCUT2D eigenvalue weighted by atomic mass is 10.1. The second-order valence-electron chi connectivity index (χ2n) is 6.64. The van der Waals surface area contributed by atoms with Crippen LogP contribution in [0.2, 0.25) is 5.02 Å². The molecule has 0 aliphatic carbocycles. The van der Waals surface area contributed by atoms with Gasteiger partial charge in [0, 0.05) is 6.54 Å². The average Bonchev–Trinajstić information content (AvgIpc) is 2.99. The number of halogens is 2. The Morgan fingerprint density at radius 3 is 2.60 bits per heavy atom. The van der Waals surface area contributed by atoms with Crippen LogP contribution in [0.1, 0.15) is 30.9 Å². The van der Waals surface area contributed by atoms with E-state index in [1.165, 1.54) is 24.1 Å². The monoisotopic (exact) mass is 449 g/mol. The van der Waals surface area contributed by atoms with Gasteiger partial charge in [-0.05, 0) is 59.7 Å². The van der Waals surface area contributed by atoms with Gasteiger partial charge < -0.3 is 9.47 Å². The van der Waals surface area contributed by atoms with E-state index in [0.717, 1.165) is 30.2 Å². The van der Waals surface area contributed by atoms with Gasteiger partial charge in [-0.15, -0.1) is 0 Å². The summed E-state index contributed by atoms with van der Waals surface area (Å²) in [4.78, 5) is 26.2. The molecular formula is C22H21ClFNO4S. The van der Waals surface area contributed by atoms with Crippen molar-refractivity contribution in [3.63, 3.8) is 0 Å². The van der Waals surface area contributed by atoms with Gasteiger partial charge in [-0.25, -0.2) is 4.39 Å². The van der Waals surface area contributed by atoms with E-state index in [9.17, 15) is 14.0 Å². The van der Waals surface area contributed by atoms with Gasteiger partial charge >= 0.3 is 0 Å². The van der Waals surface area contributed by atoms with Crippen molar-refractivity contribution < 1.29 is 23.5 Å². The van der Waals surface area contributed by atoms with Crippen molar-refractivity contribution in [1.82, 2.24) is 4.90 Å². The van der Waals surface area contributed by atoms with Crippen LogP contribution < -0.4 is 9.47 Å². The second-order valence-corrected chi connectivity index (χ2v) is 8.04. The quantitative estimate of drug-likeness (QED) is 0.469. The van der Waals surface area contributed by atoms with E-state index in [0.29, 0.717) is 33.5 Å². The number of carbonyl (C=O) groups excluding carboxylic acids is 2. The van der Waals surface area contributed by atoms with Crippen molar-refractivity contribution in [2.24, 2.45) is 0 Å². The summed E-state index contributed by atoms with van der Waals surface area (Å²) in [5.41, 5.74) is 1.39. The zero-order valence-electron chi connectivity index (χ0n) is 16.6. The first-order chi connectivity index (χ1) is 14.4. The first-order valence-electron chi connectivity index (χ1n) is 9.43. The molecule has 1 aliphatic rings. The molecule has 0 unspecified atom stereocenters. The molecule has 0 radical (unpaired) electrons. The Hall–Kier alpha value is -2.51. The highest BCUT2D eigenvalue weighted by molar-refractivity contribution is 8.18. The third-order valence-corrected chi connectivity index (χ3v) is 5.64. The van der Waals surface area contributed by atoms with Crippen LogP contribution >= 0.6 is 23.4 Å². The lowest BCUT2D eigenvalue weighted by Crippen LogP contribution is -2.29. The Bertz CT molecular complexity index is 978. The molecule has 0 N–H and O–H groups in total. The number of rotatable bonds is 8. The largest absolute Gasteiger partial charge is 0.493 e. The molecule has 0 spiro atoms. The van der Waals surface area contributed by atoms with Crippen LogP contribution in [-0.4, -0.2) is 29.7 Å². The number of amides is 2. The first-order valence-corrected chi connectivity index (χ1v) is 10.6. The van der Waals surface area contributed by atoms with Gasteiger partial charge in [0.1, 0.15) is 12.4 Å². The fourth-order valence-corrected chi connectivity index (χ4v) is 4.00. The maximum Gasteiger partial charge on any atom is 0.293 e. The maximum absolute atomic E-state index is 13.0. The van der Waals surface area contributed by atoms with Crippen LogP contribution in [-0.2, 0) is 11.4 Å². The van der Waals surface area contributed by atoms with Gasteiger partial charge in [-0.3, -0.25) is 14.5 Å². The highest BCUT2D eigenvalue weighted by Gasteiger charge is 2.34. The summed E-state index contributed by atoms with van der Waals surface area (Å²) in [5.74, 6) is 0.112. The van der Waals surface area contributed by atoms with Crippen LogP contribution in [0.4, 0.5) is 9.18 Å². The fraction of sp³-hybridized carbons (Fsp3) is 0.273. The Labute approximate surface area is 183 Å². The van der Waals surface area contributed by atoms with E-state index in [1.54, 1.807) is 30.3 Å². The minimum absolute atomic E-state index is 0.187. The molecule has 5 nitrogen and oxygen atoms in total. The molecule has 1 heterocycles. The predicted molar refractivity (Wildman–Crippen MR) is 116 cm³/mol. The minimum atomic E-state index is -0.321. The SMILES string of the molecule is CCCCN1C(=O)S/C(=C\c2cc(Cl)c(OCc3ccc(F)cc3)c(OC)c2)C1=O. The summed E-state index contributed by atoms with van der Waals surface area (Å²) < 4.78 is 24.2. The number of methoxy groups -OCH3 is 1. The number of hydrogen-bond donors (Lipinski definition) is 0. The minimum Gasteiger partial charge on any atom is -0.493 e. The molecular weight excluding hydrogens is 429 g/mol. The third-order valence-electron chi connectivity index (χ3n) is 4.45. The molecule has 2 aromatic rings. The molecule has 3 rings (SSSR count). The zero-order valence-corrected chi connectivity index (χ0v) is 18.2. The number of carbonyl (C=O) groups is 2. The van der Waals surface area contributed by atoms with Gasteiger partial charge in [-0.2, -0.15) is 0 Å². The fourth-order valence-electron chi connectivity index (χ4n) is 2.86. The van der Waals surface area contributed by atoms with Crippen molar-refractivity contribution in [3.8, 4) is 11.5 Å². The standard InChI is InChI=1S/C22H21ClFNO4S/c1-3-4-9-25-21(26)19(30-22(25)27)12-15-10-17(23)20(18(11-15)28-2)29-13-14-5-7-16(24)8-6-14/h5-8,10-12H,3-4,9,13H2,1-2H3/b19-12-. The average molecular weight is 450 g/mol. The van der Waals surface area contributed by atoms with Crippen LogP contribution in [0, 0.1) is 5.82 Å². The van der Waals surface area contributed by atoms with Crippen molar-refractivity contribution in [2.75, 3.05) is 13.7 Å². The molecule has 8 heteroatoms. The first kappa shape index (κ1) is 22.2. The Balaban J connectivity index is 1.79. The molecule has 158 valence electrons. The number of thioether (sulfide) groups is 1. The molecule has 1 saturated heterocycles. The molecule has 2 aromatic carbocycles. The Kier molecular flexibility index (Phi) is 7.39. The number of benzene rings is 2. The summed E-state index contributed by atoms with van der Waals surface area (Å²) in [6, 6.07) is 9.29. The van der Waals surface area contributed by atoms with Gasteiger partial charge in [0.15, 0.2) is 11.5 Å². The number of nitrogens with zero attached hydrogens (tertiary/aromatic N) is 1. The molecule has 2 amide bonds. The maximum atomic E-state index is 13.0. The number of hydrogen-bond acceptors (Lipinski definition) is 5. The van der Waals surface area contributed by atoms with E-state index in [2.05, 4.69) is 0 Å². The smallest absolute Gasteiger partial charge is 0.293 e. The van der Waals surface area contributed by atoms with Crippen molar-refractivity contribution in [2.45, 2.75) is 26.4 Å². The zero-order chi connectivity index (χ0) is 21.7. The van der Waals surface area contributed by atoms with Gasteiger partial charge in [0.25, 0.3) is 11.1 Å². The lowest BCUT2D eigenvalue weighted by molar-refractivity contribution is -0.122. The van der Waals surface area contributed by atoms with E-state index < -0.39 is 0 Å². The molecule has 30 heavy (non-hydrogen) atoms. The highest BCUT2D eigenvalue weighted by Crippen LogP contribution is 2.39. The van der Waals surface area contributed by atoms with Crippen LogP contribution in [0.5, 0.6) is 11.5 Å². The van der Waals surface area contributed by atoms with Crippen molar-refractivity contribution >= 4 is 40.6 Å². The molecule has 1 fully saturated rings. The highest BCUT2D eigenvalue weighted by atomic mass is 35.5. The van der Waals surface area contributed by atoms with Crippen LogP contribution in [0.3, 0.4) is 0 Å². The number of ether oxygens (including phenoxy) is 2. The van der Waals surface area contributed by atoms with E-state index in [4.69, 9.17) is 21.1 Å². The molecule has 0 bridgehead atoms. The summed E-state index contributed by atoms with van der Waals surface area (Å²) >= 11 is 7.30. The van der Waals surface area contributed by atoms with Gasteiger partial charge in [-0.1, -0.05) is 37.1 Å². The topological polar surface area (TPSA) is 55.8 Å². The molecule has 1 aliphatic heterocycles. The van der Waals surface area contributed by atoms with Gasteiger partial charge in [0.2, 0.25) is 0 Å². The summed E-state index contributed by atoms with van der Waals surface area (Å²) in [6.45, 7) is 2.60. The summed E-state index contributed by atoms with van der Waals surface area (Å²) in [6.07, 6.45) is 3.28. The van der Waals surface area contributed by atoms with Crippen molar-refractivity contribution in [1.29, 1.82) is 0 Å². The third kappa shape index (κ3) is 5.15. The molecule has 0 aromatic heterocycles. The Morgan fingerprint density at radius 2 is 1.93 bits per heavy atom. The molecule has 0 saturated carbocycles. The number of unbranched alkanes of at least 4 members (excludes halogenated alkanes) is 1. The normalized spacial score (nSPS) is 15.2.